The predicted octanol–water partition coefficient (Wildman–Crippen LogP) is 6.70. The molecule has 5 nitrogen and oxygen atoms in total. The molecule has 1 N–H and O–H groups in total. The van der Waals surface area contributed by atoms with Crippen LogP contribution >= 0.6 is 11.6 Å². The number of rotatable bonds is 6. The van der Waals surface area contributed by atoms with Gasteiger partial charge in [0.2, 0.25) is 0 Å². The summed E-state index contributed by atoms with van der Waals surface area (Å²) in [7, 11) is 0. The van der Waals surface area contributed by atoms with Crippen LogP contribution in [0.3, 0.4) is 0 Å². The van der Waals surface area contributed by atoms with Crippen molar-refractivity contribution in [3.8, 4) is 11.1 Å². The van der Waals surface area contributed by atoms with E-state index in [0.29, 0.717) is 17.7 Å². The van der Waals surface area contributed by atoms with Crippen molar-refractivity contribution in [2.24, 2.45) is 0 Å². The summed E-state index contributed by atoms with van der Waals surface area (Å²) in [6, 6.07) is 8.35. The van der Waals surface area contributed by atoms with Crippen LogP contribution in [0.2, 0.25) is 5.02 Å². The van der Waals surface area contributed by atoms with Crippen molar-refractivity contribution in [1.29, 1.82) is 0 Å². The highest BCUT2D eigenvalue weighted by molar-refractivity contribution is 7.79. The van der Waals surface area contributed by atoms with Crippen LogP contribution in [0.1, 0.15) is 28.4 Å². The monoisotopic (exact) mass is 550 g/mol. The number of alkyl halides is 6. The van der Waals surface area contributed by atoms with Gasteiger partial charge in [-0.1, -0.05) is 29.8 Å². The Kier molecular flexibility index (Phi) is 8.11. The van der Waals surface area contributed by atoms with Crippen molar-refractivity contribution in [3.63, 3.8) is 0 Å². The fourth-order valence-corrected chi connectivity index (χ4v) is 3.87. The highest BCUT2D eigenvalue weighted by Gasteiger charge is 2.38. The molecule has 13 heteroatoms. The fourth-order valence-electron chi connectivity index (χ4n) is 3.35. The van der Waals surface area contributed by atoms with E-state index in [2.05, 4.69) is 4.98 Å². The first-order valence-electron chi connectivity index (χ1n) is 10.1. The van der Waals surface area contributed by atoms with Gasteiger partial charge in [-0.2, -0.15) is 26.3 Å². The summed E-state index contributed by atoms with van der Waals surface area (Å²) in [4.78, 5) is 18.2. The maximum absolute atomic E-state index is 13.5. The molecule has 3 aromatic rings. The van der Waals surface area contributed by atoms with E-state index < -0.39 is 57.8 Å². The lowest BCUT2D eigenvalue weighted by atomic mass is 10.0. The average molecular weight is 551 g/mol. The fraction of sp³-hybridized carbons (Fsp3) is 0.217. The first-order chi connectivity index (χ1) is 16.7. The molecule has 3 rings (SSSR count). The maximum Gasteiger partial charge on any atom is 0.416 e. The van der Waals surface area contributed by atoms with Gasteiger partial charge in [-0.25, -0.2) is 4.21 Å². The Morgan fingerprint density at radius 3 is 2.14 bits per heavy atom. The van der Waals surface area contributed by atoms with E-state index in [1.165, 1.54) is 25.4 Å². The molecule has 0 fully saturated rings. The van der Waals surface area contributed by atoms with Crippen LogP contribution in [0.15, 0.2) is 60.9 Å². The standard InChI is InChI=1S/C23H17ClF6N2O3S/c1-13(36(34)35)12-32(20-11-31-7-6-18(20)17-4-2-3-5-19(17)24)21(33)14-8-15(22(25,26)27)10-16(9-14)23(28,29)30/h2-11,13H,12H2,1H3,(H,34,35). The van der Waals surface area contributed by atoms with Crippen LogP contribution in [0.25, 0.3) is 11.1 Å². The molecule has 0 radical (unpaired) electrons. The minimum absolute atomic E-state index is 0.0288. The molecule has 0 saturated carbocycles. The largest absolute Gasteiger partial charge is 0.416 e. The lowest BCUT2D eigenvalue weighted by Crippen LogP contribution is -2.38. The van der Waals surface area contributed by atoms with Gasteiger partial charge in [-0.05, 0) is 37.3 Å². The number of halogens is 7. The Morgan fingerprint density at radius 2 is 1.61 bits per heavy atom. The first-order valence-corrected chi connectivity index (χ1v) is 11.6. The number of benzene rings is 2. The van der Waals surface area contributed by atoms with Gasteiger partial charge in [0.15, 0.2) is 11.1 Å². The Labute approximate surface area is 209 Å². The summed E-state index contributed by atoms with van der Waals surface area (Å²) in [6.45, 7) is 0.762. The van der Waals surface area contributed by atoms with E-state index in [9.17, 15) is 39.9 Å². The average Bonchev–Trinajstić information content (AvgIpc) is 2.81. The molecule has 2 unspecified atom stereocenters. The summed E-state index contributed by atoms with van der Waals surface area (Å²) in [5.74, 6) is -1.26. The molecular formula is C23H17ClF6N2O3S. The Bertz CT molecular complexity index is 1270. The van der Waals surface area contributed by atoms with E-state index >= 15 is 0 Å². The van der Waals surface area contributed by atoms with E-state index in [4.69, 9.17) is 11.6 Å². The van der Waals surface area contributed by atoms with Crippen molar-refractivity contribution in [2.45, 2.75) is 24.5 Å². The molecule has 1 heterocycles. The lowest BCUT2D eigenvalue weighted by molar-refractivity contribution is -0.143. The van der Waals surface area contributed by atoms with Gasteiger partial charge < -0.3 is 9.45 Å². The van der Waals surface area contributed by atoms with E-state index in [1.54, 1.807) is 24.3 Å². The van der Waals surface area contributed by atoms with Gasteiger partial charge in [-0.3, -0.25) is 9.78 Å². The summed E-state index contributed by atoms with van der Waals surface area (Å²) < 4.78 is 101. The minimum atomic E-state index is -5.17. The Morgan fingerprint density at radius 1 is 1.03 bits per heavy atom. The summed E-state index contributed by atoms with van der Waals surface area (Å²) in [5.41, 5.74) is -3.61. The van der Waals surface area contributed by atoms with Crippen LogP contribution in [-0.2, 0) is 23.4 Å². The molecule has 192 valence electrons. The second-order valence-electron chi connectivity index (χ2n) is 7.67. The normalized spacial score (nSPS) is 13.8. The zero-order valence-electron chi connectivity index (χ0n) is 18.3. The zero-order chi connectivity index (χ0) is 26.8. The minimum Gasteiger partial charge on any atom is -0.306 e. The molecule has 0 bridgehead atoms. The number of anilines is 1. The van der Waals surface area contributed by atoms with E-state index in [-0.39, 0.29) is 22.3 Å². The summed E-state index contributed by atoms with van der Waals surface area (Å²) >= 11 is 3.80. The lowest BCUT2D eigenvalue weighted by Gasteiger charge is -2.27. The molecular weight excluding hydrogens is 534 g/mol. The number of aromatic nitrogens is 1. The molecule has 0 aliphatic carbocycles. The topological polar surface area (TPSA) is 70.5 Å². The maximum atomic E-state index is 13.5. The molecule has 0 aliphatic heterocycles. The summed E-state index contributed by atoms with van der Waals surface area (Å²) in [6.07, 6.45) is -7.82. The third-order valence-electron chi connectivity index (χ3n) is 5.12. The Balaban J connectivity index is 2.24. The molecule has 0 saturated heterocycles. The zero-order valence-corrected chi connectivity index (χ0v) is 19.8. The SMILES string of the molecule is CC(CN(C(=O)c1cc(C(F)(F)F)cc(C(F)(F)F)c1)c1cnccc1-c1ccccc1Cl)S(=O)O. The molecule has 0 aliphatic rings. The van der Waals surface area contributed by atoms with Crippen LogP contribution in [0.5, 0.6) is 0 Å². The predicted molar refractivity (Wildman–Crippen MR) is 123 cm³/mol. The number of pyridine rings is 1. The smallest absolute Gasteiger partial charge is 0.306 e. The second-order valence-corrected chi connectivity index (χ2v) is 9.43. The quantitative estimate of drug-likeness (QED) is 0.274. The van der Waals surface area contributed by atoms with Gasteiger partial charge >= 0.3 is 12.4 Å². The number of hydrogen-bond donors (Lipinski definition) is 1. The number of carbonyl (C=O) groups is 1. The van der Waals surface area contributed by atoms with Gasteiger partial charge in [0.25, 0.3) is 5.91 Å². The first kappa shape index (κ1) is 27.6. The molecule has 1 amide bonds. The van der Waals surface area contributed by atoms with Crippen LogP contribution in [-0.4, -0.2) is 31.4 Å². The molecule has 0 spiro atoms. The third-order valence-corrected chi connectivity index (χ3v) is 6.29. The van der Waals surface area contributed by atoms with E-state index in [1.807, 2.05) is 0 Å². The number of nitrogens with zero attached hydrogens (tertiary/aromatic N) is 2. The van der Waals surface area contributed by atoms with Crippen molar-refractivity contribution in [2.75, 3.05) is 11.4 Å². The Hall–Kier alpha value is -2.96. The molecule has 2 atom stereocenters. The number of hydrogen-bond acceptors (Lipinski definition) is 3. The number of carbonyl (C=O) groups excluding carboxylic acids is 1. The third kappa shape index (κ3) is 6.23. The van der Waals surface area contributed by atoms with Crippen molar-refractivity contribution >= 4 is 34.3 Å². The second kappa shape index (κ2) is 10.6. The molecule has 36 heavy (non-hydrogen) atoms. The molecule has 1 aromatic heterocycles. The van der Waals surface area contributed by atoms with Crippen molar-refractivity contribution < 1.29 is 39.9 Å². The van der Waals surface area contributed by atoms with Gasteiger partial charge in [0.05, 0.1) is 28.3 Å². The summed E-state index contributed by atoms with van der Waals surface area (Å²) in [5, 5.41) is -0.879. The highest BCUT2D eigenvalue weighted by atomic mass is 35.5. The van der Waals surface area contributed by atoms with E-state index in [0.717, 1.165) is 4.90 Å². The van der Waals surface area contributed by atoms with Crippen LogP contribution in [0.4, 0.5) is 32.0 Å². The van der Waals surface area contributed by atoms with Crippen LogP contribution < -0.4 is 4.90 Å². The molecule has 2 aromatic carbocycles. The number of amides is 1. The highest BCUT2D eigenvalue weighted by Crippen LogP contribution is 2.38. The van der Waals surface area contributed by atoms with Gasteiger partial charge in [0, 0.05) is 34.5 Å². The van der Waals surface area contributed by atoms with Crippen molar-refractivity contribution in [1.82, 2.24) is 4.98 Å². The van der Waals surface area contributed by atoms with Gasteiger partial charge in [0.1, 0.15) is 0 Å². The van der Waals surface area contributed by atoms with Crippen LogP contribution in [0, 0.1) is 0 Å². The van der Waals surface area contributed by atoms with Crippen molar-refractivity contribution in [3.05, 3.63) is 82.6 Å². The van der Waals surface area contributed by atoms with Gasteiger partial charge in [-0.15, -0.1) is 0 Å².